The molecule has 0 heterocycles. The van der Waals surface area contributed by atoms with E-state index in [1.807, 2.05) is 0 Å². The number of aromatic hydroxyl groups is 1. The number of hydrogen-bond donors (Lipinski definition) is 3. The zero-order valence-corrected chi connectivity index (χ0v) is 12.1. The summed E-state index contributed by atoms with van der Waals surface area (Å²) in [6.45, 7) is 0. The minimum Gasteiger partial charge on any atom is -1.00 e. The van der Waals surface area contributed by atoms with Gasteiger partial charge in [-0.2, -0.15) is 0 Å². The summed E-state index contributed by atoms with van der Waals surface area (Å²) >= 11 is 0. The predicted molar refractivity (Wildman–Crippen MR) is 55.4 cm³/mol. The minimum atomic E-state index is -1.02. The molecule has 0 saturated heterocycles. The van der Waals surface area contributed by atoms with E-state index in [1.54, 1.807) is 12.1 Å². The second-order valence-electron chi connectivity index (χ2n) is 2.82. The predicted octanol–water partition coefficient (Wildman–Crippen LogP) is 0.191. The monoisotopic (exact) mass is 321 g/mol. The molecule has 0 unspecified atom stereocenters. The van der Waals surface area contributed by atoms with Gasteiger partial charge in [-0.25, -0.2) is 0 Å². The maximum Gasteiger partial charge on any atom is 2.00 e. The first-order valence-corrected chi connectivity index (χ1v) is 3.86. The van der Waals surface area contributed by atoms with E-state index in [1.165, 1.54) is 12.1 Å². The van der Waals surface area contributed by atoms with E-state index in [9.17, 15) is 4.79 Å². The first-order chi connectivity index (χ1) is 6.09. The van der Waals surface area contributed by atoms with E-state index in [0.29, 0.717) is 0 Å². The number of aliphatic carboxylic acids is 1. The molecule has 0 fully saturated rings. The van der Waals surface area contributed by atoms with Crippen LogP contribution in [-0.2, 0) is 11.2 Å². The van der Waals surface area contributed by atoms with Crippen LogP contribution in [0.2, 0.25) is 0 Å². The summed E-state index contributed by atoms with van der Waals surface area (Å²) in [7, 11) is 0. The van der Waals surface area contributed by atoms with Crippen molar-refractivity contribution in [3.05, 3.63) is 29.8 Å². The van der Waals surface area contributed by atoms with Crippen molar-refractivity contribution >= 4 is 54.9 Å². The molecule has 4 nitrogen and oxygen atoms in total. The number of phenolic OH excluding ortho intramolecular Hbond substituents is 1. The number of nitrogens with two attached hydrogens (primary N) is 1. The summed E-state index contributed by atoms with van der Waals surface area (Å²) in [5, 5.41) is 17.5. The van der Waals surface area contributed by atoms with Gasteiger partial charge in [0.25, 0.3) is 0 Å². The van der Waals surface area contributed by atoms with Gasteiger partial charge in [0.15, 0.2) is 0 Å². The summed E-state index contributed by atoms with van der Waals surface area (Å²) in [5.41, 5.74) is 6.12. The SMILES string of the molecule is N[C@@H](Cc1ccc(O)cc1)C(=O)O.[Ba+2].[H-].[H-]. The third-order valence-corrected chi connectivity index (χ3v) is 1.71. The number of phenols is 1. The van der Waals surface area contributed by atoms with Gasteiger partial charge in [-0.05, 0) is 24.1 Å². The third-order valence-electron chi connectivity index (χ3n) is 1.71. The van der Waals surface area contributed by atoms with E-state index < -0.39 is 12.0 Å². The van der Waals surface area contributed by atoms with Gasteiger partial charge in [0.05, 0.1) is 0 Å². The van der Waals surface area contributed by atoms with Crippen LogP contribution in [0, 0.1) is 0 Å². The molecule has 0 aliphatic carbocycles. The first-order valence-electron chi connectivity index (χ1n) is 3.86. The molecule has 0 radical (unpaired) electrons. The summed E-state index contributed by atoms with van der Waals surface area (Å²) in [5.74, 6) is -0.860. The number of rotatable bonds is 3. The third kappa shape index (κ3) is 4.50. The Bertz CT molecular complexity index is 308. The quantitative estimate of drug-likeness (QED) is 0.694. The molecular weight excluding hydrogens is 307 g/mol. The maximum absolute atomic E-state index is 10.4. The molecule has 0 spiro atoms. The molecule has 1 aromatic carbocycles. The van der Waals surface area contributed by atoms with Crippen molar-refractivity contribution in [2.75, 3.05) is 0 Å². The maximum atomic E-state index is 10.4. The Morgan fingerprint density at radius 3 is 2.36 bits per heavy atom. The van der Waals surface area contributed by atoms with E-state index >= 15 is 0 Å². The average molecular weight is 321 g/mol. The molecular formula is C9H13BaNO3. The van der Waals surface area contributed by atoms with Crippen LogP contribution in [0.4, 0.5) is 0 Å². The van der Waals surface area contributed by atoms with Crippen LogP contribution in [0.1, 0.15) is 8.42 Å². The zero-order chi connectivity index (χ0) is 9.84. The van der Waals surface area contributed by atoms with E-state index in [4.69, 9.17) is 15.9 Å². The van der Waals surface area contributed by atoms with Crippen molar-refractivity contribution < 1.29 is 17.9 Å². The molecule has 14 heavy (non-hydrogen) atoms. The van der Waals surface area contributed by atoms with Crippen LogP contribution in [0.15, 0.2) is 24.3 Å². The number of carboxylic acids is 1. The molecule has 0 amide bonds. The number of benzene rings is 1. The fourth-order valence-electron chi connectivity index (χ4n) is 0.973. The Morgan fingerprint density at radius 1 is 1.43 bits per heavy atom. The van der Waals surface area contributed by atoms with Crippen LogP contribution in [-0.4, -0.2) is 71.1 Å². The number of hydrogen-bond acceptors (Lipinski definition) is 3. The number of carboxylic acid groups (broad SMARTS) is 1. The van der Waals surface area contributed by atoms with Gasteiger partial charge in [0, 0.05) is 0 Å². The van der Waals surface area contributed by atoms with E-state index in [2.05, 4.69) is 0 Å². The Hall–Kier alpha value is 0.0214. The second kappa shape index (κ2) is 6.49. The minimum absolute atomic E-state index is 0. The molecule has 0 bridgehead atoms. The smallest absolute Gasteiger partial charge is 1.00 e. The largest absolute Gasteiger partial charge is 2.00 e. The zero-order valence-electron chi connectivity index (χ0n) is 9.68. The standard InChI is InChI=1S/C9H11NO3.Ba.2H/c10-8(9(12)13)5-6-1-3-7(11)4-2-6;;;/h1-4,8,11H,5,10H2,(H,12,13);;;/q;+2;2*-1/t8-;;;/m0.../s1. The number of carbonyl (C=O) groups is 1. The van der Waals surface area contributed by atoms with Crippen LogP contribution >= 0.6 is 0 Å². The van der Waals surface area contributed by atoms with Crippen LogP contribution in [0.25, 0.3) is 0 Å². The molecule has 1 rings (SSSR count). The van der Waals surface area contributed by atoms with Crippen molar-refractivity contribution in [3.63, 3.8) is 0 Å². The first kappa shape index (κ1) is 14.0. The molecule has 1 aromatic rings. The summed E-state index contributed by atoms with van der Waals surface area (Å²) < 4.78 is 0. The van der Waals surface area contributed by atoms with Crippen molar-refractivity contribution in [1.82, 2.24) is 0 Å². The Morgan fingerprint density at radius 2 is 1.93 bits per heavy atom. The van der Waals surface area contributed by atoms with E-state index in [-0.39, 0.29) is 63.9 Å². The fourth-order valence-corrected chi connectivity index (χ4v) is 0.973. The molecule has 74 valence electrons. The van der Waals surface area contributed by atoms with Crippen LogP contribution < -0.4 is 5.73 Å². The Kier molecular flexibility index (Phi) is 6.50. The van der Waals surface area contributed by atoms with E-state index in [0.717, 1.165) is 5.56 Å². The Balaban J connectivity index is -0.000000563. The summed E-state index contributed by atoms with van der Waals surface area (Å²) in [6.07, 6.45) is 0.273. The summed E-state index contributed by atoms with van der Waals surface area (Å²) in [4.78, 5) is 10.4. The molecule has 1 atom stereocenters. The van der Waals surface area contributed by atoms with Crippen molar-refractivity contribution in [3.8, 4) is 5.75 Å². The second-order valence-corrected chi connectivity index (χ2v) is 2.82. The Labute approximate surface area is 125 Å². The fraction of sp³-hybridized carbons (Fsp3) is 0.222. The average Bonchev–Trinajstić information content (AvgIpc) is 2.08. The van der Waals surface area contributed by atoms with Gasteiger partial charge in [-0.3, -0.25) is 4.79 Å². The van der Waals surface area contributed by atoms with Crippen molar-refractivity contribution in [1.29, 1.82) is 0 Å². The van der Waals surface area contributed by atoms with Gasteiger partial charge in [-0.15, -0.1) is 0 Å². The molecule has 0 aliphatic heterocycles. The molecule has 0 saturated carbocycles. The molecule has 5 heteroatoms. The molecule has 4 N–H and O–H groups in total. The normalized spacial score (nSPS) is 11.5. The van der Waals surface area contributed by atoms with Gasteiger partial charge in [-0.1, -0.05) is 12.1 Å². The van der Waals surface area contributed by atoms with Crippen LogP contribution in [0.5, 0.6) is 5.75 Å². The van der Waals surface area contributed by atoms with Crippen molar-refractivity contribution in [2.45, 2.75) is 12.5 Å². The van der Waals surface area contributed by atoms with Gasteiger partial charge in [0.1, 0.15) is 11.8 Å². The van der Waals surface area contributed by atoms with Crippen LogP contribution in [0.3, 0.4) is 0 Å². The van der Waals surface area contributed by atoms with Gasteiger partial charge < -0.3 is 18.8 Å². The van der Waals surface area contributed by atoms with Gasteiger partial charge in [0.2, 0.25) is 0 Å². The summed E-state index contributed by atoms with van der Waals surface area (Å²) in [6, 6.07) is 5.42. The molecule has 0 aromatic heterocycles. The topological polar surface area (TPSA) is 83.5 Å². The van der Waals surface area contributed by atoms with Gasteiger partial charge >= 0.3 is 54.9 Å². The molecule has 0 aliphatic rings. The van der Waals surface area contributed by atoms with Crippen molar-refractivity contribution in [2.24, 2.45) is 5.73 Å².